The SMILES string of the molecule is O=C(NCCC(O)C(=O)O)c1c(F)c(F)c(F)c(F)c1F. The zero-order chi connectivity index (χ0) is 16.3. The van der Waals surface area contributed by atoms with Crippen LogP contribution in [0.2, 0.25) is 0 Å². The molecule has 5 nitrogen and oxygen atoms in total. The van der Waals surface area contributed by atoms with Gasteiger partial charge in [-0.2, -0.15) is 0 Å². The number of halogens is 5. The summed E-state index contributed by atoms with van der Waals surface area (Å²) >= 11 is 0. The molecule has 10 heteroatoms. The van der Waals surface area contributed by atoms with Crippen LogP contribution < -0.4 is 5.32 Å². The van der Waals surface area contributed by atoms with Crippen LogP contribution in [0.4, 0.5) is 22.0 Å². The highest BCUT2D eigenvalue weighted by atomic mass is 19.2. The van der Waals surface area contributed by atoms with Crippen molar-refractivity contribution in [3.05, 3.63) is 34.6 Å². The molecule has 0 aliphatic heterocycles. The van der Waals surface area contributed by atoms with E-state index in [1.807, 2.05) is 0 Å². The second-order valence-electron chi connectivity index (χ2n) is 3.84. The molecule has 0 spiro atoms. The average molecular weight is 313 g/mol. The van der Waals surface area contributed by atoms with Crippen LogP contribution in [0.15, 0.2) is 0 Å². The van der Waals surface area contributed by atoms with Crippen molar-refractivity contribution in [1.29, 1.82) is 0 Å². The van der Waals surface area contributed by atoms with Crippen molar-refractivity contribution in [3.8, 4) is 0 Å². The number of hydrogen-bond donors (Lipinski definition) is 3. The van der Waals surface area contributed by atoms with Crippen molar-refractivity contribution in [2.45, 2.75) is 12.5 Å². The van der Waals surface area contributed by atoms with Gasteiger partial charge in [0.15, 0.2) is 29.4 Å². The third kappa shape index (κ3) is 3.45. The fraction of sp³-hybridized carbons (Fsp3) is 0.273. The fourth-order valence-electron chi connectivity index (χ4n) is 1.34. The Bertz CT molecular complexity index is 563. The van der Waals surface area contributed by atoms with Gasteiger partial charge in [-0.1, -0.05) is 0 Å². The first kappa shape index (κ1) is 16.8. The number of aliphatic hydroxyl groups is 1. The lowest BCUT2D eigenvalue weighted by molar-refractivity contribution is -0.146. The number of amides is 1. The van der Waals surface area contributed by atoms with Gasteiger partial charge in [-0.25, -0.2) is 26.7 Å². The number of carbonyl (C=O) groups is 2. The summed E-state index contributed by atoms with van der Waals surface area (Å²) in [5, 5.41) is 18.9. The Morgan fingerprint density at radius 3 is 1.81 bits per heavy atom. The molecule has 1 amide bonds. The maximum absolute atomic E-state index is 13.2. The van der Waals surface area contributed by atoms with Gasteiger partial charge in [-0.05, 0) is 0 Å². The Hall–Kier alpha value is -2.23. The molecule has 0 aliphatic rings. The number of benzene rings is 1. The molecule has 1 unspecified atom stereocenters. The Morgan fingerprint density at radius 2 is 1.38 bits per heavy atom. The lowest BCUT2D eigenvalue weighted by Crippen LogP contribution is -2.31. The number of carbonyl (C=O) groups excluding carboxylic acids is 1. The summed E-state index contributed by atoms with van der Waals surface area (Å²) in [5.41, 5.74) is -1.68. The predicted octanol–water partition coefficient (Wildman–Crippen LogP) is 0.948. The van der Waals surface area contributed by atoms with Gasteiger partial charge in [-0.3, -0.25) is 4.79 Å². The number of aliphatic carboxylic acids is 1. The molecule has 1 atom stereocenters. The average Bonchev–Trinajstić information content (AvgIpc) is 2.43. The van der Waals surface area contributed by atoms with E-state index in [1.165, 1.54) is 0 Å². The van der Waals surface area contributed by atoms with Crippen molar-refractivity contribution >= 4 is 11.9 Å². The van der Waals surface area contributed by atoms with Gasteiger partial charge in [0.25, 0.3) is 5.91 Å². The number of carboxylic acid groups (broad SMARTS) is 1. The minimum absolute atomic E-state index is 0.517. The molecular formula is C11H8F5NO4. The lowest BCUT2D eigenvalue weighted by Gasteiger charge is -2.10. The van der Waals surface area contributed by atoms with Gasteiger partial charge in [0, 0.05) is 13.0 Å². The van der Waals surface area contributed by atoms with Crippen LogP contribution in [0.5, 0.6) is 0 Å². The smallest absolute Gasteiger partial charge is 0.332 e. The van der Waals surface area contributed by atoms with Crippen molar-refractivity contribution in [2.24, 2.45) is 0 Å². The minimum atomic E-state index is -2.40. The molecule has 1 aromatic rings. The van der Waals surface area contributed by atoms with Crippen LogP contribution in [-0.4, -0.2) is 34.7 Å². The molecule has 3 N–H and O–H groups in total. The number of rotatable bonds is 5. The van der Waals surface area contributed by atoms with E-state index >= 15 is 0 Å². The van der Waals surface area contributed by atoms with Crippen molar-refractivity contribution < 1.29 is 41.8 Å². The van der Waals surface area contributed by atoms with E-state index in [9.17, 15) is 31.5 Å². The number of aliphatic hydroxyl groups excluding tert-OH is 1. The summed E-state index contributed by atoms with van der Waals surface area (Å²) in [6, 6.07) is 0. The van der Waals surface area contributed by atoms with Crippen LogP contribution in [0, 0.1) is 29.1 Å². The largest absolute Gasteiger partial charge is 0.479 e. The summed E-state index contributed by atoms with van der Waals surface area (Å²) in [5.74, 6) is -14.8. The normalized spacial score (nSPS) is 12.1. The van der Waals surface area contributed by atoms with Crippen LogP contribution >= 0.6 is 0 Å². The van der Waals surface area contributed by atoms with Crippen LogP contribution in [-0.2, 0) is 4.79 Å². The van der Waals surface area contributed by atoms with E-state index in [4.69, 9.17) is 10.2 Å². The highest BCUT2D eigenvalue weighted by molar-refractivity contribution is 5.94. The molecule has 0 radical (unpaired) electrons. The number of nitrogens with one attached hydrogen (secondary N) is 1. The molecule has 116 valence electrons. The quantitative estimate of drug-likeness (QED) is 0.429. The maximum Gasteiger partial charge on any atom is 0.332 e. The molecular weight excluding hydrogens is 305 g/mol. The summed E-state index contributed by atoms with van der Waals surface area (Å²) in [6.45, 7) is -0.550. The van der Waals surface area contributed by atoms with Crippen molar-refractivity contribution in [2.75, 3.05) is 6.54 Å². The van der Waals surface area contributed by atoms with Crippen LogP contribution in [0.3, 0.4) is 0 Å². The second-order valence-corrected chi connectivity index (χ2v) is 3.84. The molecule has 0 heterocycles. The topological polar surface area (TPSA) is 86.6 Å². The highest BCUT2D eigenvalue weighted by Crippen LogP contribution is 2.22. The molecule has 0 fully saturated rings. The highest BCUT2D eigenvalue weighted by Gasteiger charge is 2.29. The molecule has 0 saturated carbocycles. The zero-order valence-corrected chi connectivity index (χ0v) is 10.1. The standard InChI is InChI=1S/C11H8F5NO4/c12-5-4(6(13)8(15)9(16)7(5)14)10(19)17-2-1-3(18)11(20)21/h3,18H,1-2H2,(H,17,19)(H,20,21). The van der Waals surface area contributed by atoms with Gasteiger partial charge < -0.3 is 15.5 Å². The van der Waals surface area contributed by atoms with Crippen LogP contribution in [0.1, 0.15) is 16.8 Å². The first-order valence-electron chi connectivity index (χ1n) is 5.39. The van der Waals surface area contributed by atoms with E-state index in [1.54, 1.807) is 5.32 Å². The Balaban J connectivity index is 2.92. The molecule has 1 aromatic carbocycles. The van der Waals surface area contributed by atoms with Crippen molar-refractivity contribution in [3.63, 3.8) is 0 Å². The fourth-order valence-corrected chi connectivity index (χ4v) is 1.34. The lowest BCUT2D eigenvalue weighted by atomic mass is 10.1. The summed E-state index contributed by atoms with van der Waals surface area (Å²) in [6.07, 6.45) is -2.36. The van der Waals surface area contributed by atoms with Gasteiger partial charge in [0.2, 0.25) is 5.82 Å². The summed E-state index contributed by atoms with van der Waals surface area (Å²) < 4.78 is 65.0. The van der Waals surface area contributed by atoms with E-state index in [0.29, 0.717) is 0 Å². The monoisotopic (exact) mass is 313 g/mol. The third-order valence-corrected chi connectivity index (χ3v) is 2.43. The molecule has 21 heavy (non-hydrogen) atoms. The third-order valence-electron chi connectivity index (χ3n) is 2.43. The molecule has 0 bridgehead atoms. The molecule has 1 rings (SSSR count). The van der Waals surface area contributed by atoms with Gasteiger partial charge in [-0.15, -0.1) is 0 Å². The van der Waals surface area contributed by atoms with Gasteiger partial charge in [0.05, 0.1) is 0 Å². The predicted molar refractivity (Wildman–Crippen MR) is 56.8 cm³/mol. The Labute approximate surface area is 114 Å². The Kier molecular flexibility index (Phi) is 5.19. The second kappa shape index (κ2) is 6.48. The van der Waals surface area contributed by atoms with E-state index in [2.05, 4.69) is 0 Å². The molecule has 0 aliphatic carbocycles. The summed E-state index contributed by atoms with van der Waals surface area (Å²) in [7, 11) is 0. The zero-order valence-electron chi connectivity index (χ0n) is 10.1. The van der Waals surface area contributed by atoms with E-state index in [0.717, 1.165) is 0 Å². The number of carboxylic acids is 1. The van der Waals surface area contributed by atoms with Gasteiger partial charge in [0.1, 0.15) is 5.56 Å². The first-order chi connectivity index (χ1) is 9.68. The van der Waals surface area contributed by atoms with Gasteiger partial charge >= 0.3 is 5.97 Å². The summed E-state index contributed by atoms with van der Waals surface area (Å²) in [4.78, 5) is 21.6. The maximum atomic E-state index is 13.2. The minimum Gasteiger partial charge on any atom is -0.479 e. The number of hydrogen-bond acceptors (Lipinski definition) is 3. The first-order valence-corrected chi connectivity index (χ1v) is 5.39. The van der Waals surface area contributed by atoms with E-state index in [-0.39, 0.29) is 0 Å². The molecule has 0 saturated heterocycles. The molecule has 0 aromatic heterocycles. The van der Waals surface area contributed by atoms with Crippen LogP contribution in [0.25, 0.3) is 0 Å². The van der Waals surface area contributed by atoms with Crippen molar-refractivity contribution in [1.82, 2.24) is 5.32 Å². The Morgan fingerprint density at radius 1 is 0.952 bits per heavy atom. The van der Waals surface area contributed by atoms with E-state index < -0.39 is 65.6 Å².